The third-order valence-corrected chi connectivity index (χ3v) is 5.09. The van der Waals surface area contributed by atoms with E-state index in [1.807, 2.05) is 25.1 Å². The van der Waals surface area contributed by atoms with Gasteiger partial charge in [-0.2, -0.15) is 0 Å². The molecule has 4 nitrogen and oxygen atoms in total. The minimum atomic E-state index is -0.134. The molecule has 0 radical (unpaired) electrons. The molecular formula is C16H21N3OS. The number of carbonyl (C=O) groups is 1. The zero-order chi connectivity index (χ0) is 15.0. The van der Waals surface area contributed by atoms with E-state index in [9.17, 15) is 4.79 Å². The topological polar surface area (TPSA) is 54.0 Å². The zero-order valence-corrected chi connectivity index (χ0v) is 13.5. The van der Waals surface area contributed by atoms with Crippen LogP contribution in [0.2, 0.25) is 0 Å². The minimum absolute atomic E-state index is 0.00644. The summed E-state index contributed by atoms with van der Waals surface area (Å²) in [5.41, 5.74) is 1.83. The number of thiazole rings is 1. The number of aryl methyl sites for hydroxylation is 1. The van der Waals surface area contributed by atoms with Crippen LogP contribution in [-0.2, 0) is 4.79 Å². The Morgan fingerprint density at radius 3 is 3.05 bits per heavy atom. The summed E-state index contributed by atoms with van der Waals surface area (Å²) in [7, 11) is 0. The number of aromatic nitrogens is 1. The first kappa shape index (κ1) is 14.5. The van der Waals surface area contributed by atoms with Crippen LogP contribution in [-0.4, -0.2) is 23.5 Å². The van der Waals surface area contributed by atoms with E-state index in [4.69, 9.17) is 0 Å². The van der Waals surface area contributed by atoms with Gasteiger partial charge in [0.25, 0.3) is 0 Å². The van der Waals surface area contributed by atoms with E-state index >= 15 is 0 Å². The van der Waals surface area contributed by atoms with Crippen molar-refractivity contribution in [3.63, 3.8) is 0 Å². The molecule has 1 aromatic heterocycles. The molecule has 1 unspecified atom stereocenters. The number of carbonyl (C=O) groups excluding carboxylic acids is 1. The Morgan fingerprint density at radius 2 is 2.29 bits per heavy atom. The lowest BCUT2D eigenvalue weighted by Gasteiger charge is -2.38. The molecular weight excluding hydrogens is 282 g/mol. The minimum Gasteiger partial charge on any atom is -0.325 e. The first-order valence-corrected chi connectivity index (χ1v) is 8.19. The number of fused-ring (bicyclic) bond motifs is 1. The lowest BCUT2D eigenvalue weighted by molar-refractivity contribution is -0.121. The molecule has 2 aromatic rings. The van der Waals surface area contributed by atoms with Crippen molar-refractivity contribution in [1.29, 1.82) is 0 Å². The Labute approximate surface area is 129 Å². The van der Waals surface area contributed by atoms with Crippen LogP contribution in [0.15, 0.2) is 18.2 Å². The van der Waals surface area contributed by atoms with Crippen LogP contribution in [0.4, 0.5) is 5.69 Å². The van der Waals surface area contributed by atoms with E-state index in [1.54, 1.807) is 11.3 Å². The quantitative estimate of drug-likeness (QED) is 0.895. The molecule has 0 aliphatic carbocycles. The highest BCUT2D eigenvalue weighted by atomic mass is 32.1. The van der Waals surface area contributed by atoms with Crippen molar-refractivity contribution in [2.45, 2.75) is 39.7 Å². The Hall–Kier alpha value is -1.46. The van der Waals surface area contributed by atoms with Gasteiger partial charge >= 0.3 is 0 Å². The summed E-state index contributed by atoms with van der Waals surface area (Å²) in [4.78, 5) is 17.0. The van der Waals surface area contributed by atoms with Gasteiger partial charge in [0.1, 0.15) is 0 Å². The van der Waals surface area contributed by atoms with Crippen LogP contribution < -0.4 is 10.6 Å². The summed E-state index contributed by atoms with van der Waals surface area (Å²) in [5.74, 6) is 0.0558. The molecule has 2 heterocycles. The van der Waals surface area contributed by atoms with Gasteiger partial charge in [-0.3, -0.25) is 4.79 Å². The van der Waals surface area contributed by atoms with Gasteiger partial charge in [0.2, 0.25) is 5.91 Å². The van der Waals surface area contributed by atoms with Gasteiger partial charge in [0.05, 0.1) is 21.3 Å². The van der Waals surface area contributed by atoms with Crippen molar-refractivity contribution in [3.8, 4) is 0 Å². The highest BCUT2D eigenvalue weighted by Crippen LogP contribution is 2.31. The molecule has 21 heavy (non-hydrogen) atoms. The molecule has 1 saturated heterocycles. The van der Waals surface area contributed by atoms with Crippen molar-refractivity contribution >= 4 is 33.1 Å². The van der Waals surface area contributed by atoms with E-state index in [0.29, 0.717) is 0 Å². The van der Waals surface area contributed by atoms with Gasteiger partial charge in [-0.1, -0.05) is 13.8 Å². The maximum Gasteiger partial charge on any atom is 0.242 e. The maximum absolute atomic E-state index is 12.5. The number of amides is 1. The van der Waals surface area contributed by atoms with Crippen molar-refractivity contribution in [1.82, 2.24) is 10.3 Å². The lowest BCUT2D eigenvalue weighted by atomic mass is 9.77. The Balaban J connectivity index is 1.79. The second-order valence-corrected chi connectivity index (χ2v) is 7.62. The van der Waals surface area contributed by atoms with Crippen molar-refractivity contribution < 1.29 is 4.79 Å². The van der Waals surface area contributed by atoms with Crippen LogP contribution in [0, 0.1) is 12.3 Å². The molecule has 2 N–H and O–H groups in total. The number of nitrogens with one attached hydrogen (secondary N) is 2. The summed E-state index contributed by atoms with van der Waals surface area (Å²) < 4.78 is 1.11. The number of rotatable bonds is 2. The standard InChI is InChI=1S/C16H21N3OS/c1-10-18-12-6-5-11(9-13(12)21-10)19-15(20)14-16(2,3)7-4-8-17-14/h5-6,9,14,17H,4,7-8H2,1-3H3,(H,19,20). The van der Waals surface area contributed by atoms with E-state index < -0.39 is 0 Å². The van der Waals surface area contributed by atoms with Gasteiger partial charge in [-0.15, -0.1) is 11.3 Å². The highest BCUT2D eigenvalue weighted by Gasteiger charge is 2.37. The first-order valence-electron chi connectivity index (χ1n) is 7.37. The number of hydrogen-bond acceptors (Lipinski definition) is 4. The summed E-state index contributed by atoms with van der Waals surface area (Å²) in [6.07, 6.45) is 2.20. The number of anilines is 1. The van der Waals surface area contributed by atoms with Crippen molar-refractivity contribution in [3.05, 3.63) is 23.2 Å². The van der Waals surface area contributed by atoms with Gasteiger partial charge in [0, 0.05) is 5.69 Å². The average molecular weight is 303 g/mol. The number of hydrogen-bond donors (Lipinski definition) is 2. The van der Waals surface area contributed by atoms with Crippen LogP contribution in [0.3, 0.4) is 0 Å². The molecule has 1 fully saturated rings. The van der Waals surface area contributed by atoms with Crippen molar-refractivity contribution in [2.24, 2.45) is 5.41 Å². The zero-order valence-electron chi connectivity index (χ0n) is 12.7. The fourth-order valence-corrected chi connectivity index (χ4v) is 3.86. The fourth-order valence-electron chi connectivity index (χ4n) is 2.99. The normalized spacial score (nSPS) is 21.4. The molecule has 112 valence electrons. The van der Waals surface area contributed by atoms with Crippen LogP contribution in [0.25, 0.3) is 10.2 Å². The first-order chi connectivity index (χ1) is 9.95. The van der Waals surface area contributed by atoms with Crippen molar-refractivity contribution in [2.75, 3.05) is 11.9 Å². The number of benzene rings is 1. The van der Waals surface area contributed by atoms with Crippen LogP contribution >= 0.6 is 11.3 Å². The highest BCUT2D eigenvalue weighted by molar-refractivity contribution is 7.18. The van der Waals surface area contributed by atoms with Gasteiger partial charge in [0.15, 0.2) is 0 Å². The Morgan fingerprint density at radius 1 is 1.48 bits per heavy atom. The summed E-state index contributed by atoms with van der Waals surface area (Å²) in [6.45, 7) is 7.21. The van der Waals surface area contributed by atoms with Crippen LogP contribution in [0.1, 0.15) is 31.7 Å². The van der Waals surface area contributed by atoms with Gasteiger partial charge in [-0.25, -0.2) is 4.98 Å². The molecule has 1 atom stereocenters. The number of piperidine rings is 1. The SMILES string of the molecule is Cc1nc2ccc(NC(=O)C3NCCCC3(C)C)cc2s1. The summed E-state index contributed by atoms with van der Waals surface area (Å²) >= 11 is 1.65. The predicted molar refractivity (Wildman–Crippen MR) is 87.8 cm³/mol. The summed E-state index contributed by atoms with van der Waals surface area (Å²) in [5, 5.41) is 7.44. The molecule has 0 spiro atoms. The molecule has 0 bridgehead atoms. The largest absolute Gasteiger partial charge is 0.325 e. The average Bonchev–Trinajstić information content (AvgIpc) is 2.77. The Kier molecular flexibility index (Phi) is 3.71. The molecule has 1 aromatic carbocycles. The maximum atomic E-state index is 12.5. The third kappa shape index (κ3) is 2.94. The van der Waals surface area contributed by atoms with Gasteiger partial charge < -0.3 is 10.6 Å². The molecule has 1 aliphatic rings. The fraction of sp³-hybridized carbons (Fsp3) is 0.500. The monoisotopic (exact) mass is 303 g/mol. The second kappa shape index (κ2) is 5.39. The molecule has 1 amide bonds. The second-order valence-electron chi connectivity index (χ2n) is 6.38. The Bertz CT molecular complexity index is 677. The molecule has 3 rings (SSSR count). The van der Waals surface area contributed by atoms with E-state index in [0.717, 1.165) is 40.3 Å². The van der Waals surface area contributed by atoms with E-state index in [1.165, 1.54) is 0 Å². The smallest absolute Gasteiger partial charge is 0.242 e. The van der Waals surface area contributed by atoms with Gasteiger partial charge in [-0.05, 0) is 49.9 Å². The molecule has 1 aliphatic heterocycles. The third-order valence-electron chi connectivity index (χ3n) is 4.15. The summed E-state index contributed by atoms with van der Waals surface area (Å²) in [6, 6.07) is 5.77. The predicted octanol–water partition coefficient (Wildman–Crippen LogP) is 3.32. The number of nitrogens with zero attached hydrogens (tertiary/aromatic N) is 1. The lowest BCUT2D eigenvalue weighted by Crippen LogP contribution is -2.53. The van der Waals surface area contributed by atoms with E-state index in [-0.39, 0.29) is 17.4 Å². The van der Waals surface area contributed by atoms with E-state index in [2.05, 4.69) is 29.5 Å². The molecule has 0 saturated carbocycles. The molecule has 5 heteroatoms. The van der Waals surface area contributed by atoms with Crippen LogP contribution in [0.5, 0.6) is 0 Å².